The summed E-state index contributed by atoms with van der Waals surface area (Å²) in [4.78, 5) is 6.67. The van der Waals surface area contributed by atoms with Gasteiger partial charge in [-0.25, -0.2) is 17.8 Å². The summed E-state index contributed by atoms with van der Waals surface area (Å²) in [5, 5.41) is 3.56. The topological polar surface area (TPSA) is 53.5 Å². The normalized spacial score (nSPS) is 15.5. The molecular weight excluding hydrogens is 492 g/mol. The number of anilines is 1. The fourth-order valence-corrected chi connectivity index (χ4v) is 6.26. The van der Waals surface area contributed by atoms with Gasteiger partial charge < -0.3 is 4.90 Å². The van der Waals surface area contributed by atoms with E-state index in [0.717, 1.165) is 28.5 Å². The lowest BCUT2D eigenvalue weighted by atomic mass is 10.2. The van der Waals surface area contributed by atoms with Crippen molar-refractivity contribution >= 4 is 61.3 Å². The molecule has 0 N–H and O–H groups in total. The number of halogens is 4. The average Bonchev–Trinajstić information content (AvgIpc) is 3.20. The van der Waals surface area contributed by atoms with Gasteiger partial charge in [0.15, 0.2) is 5.13 Å². The van der Waals surface area contributed by atoms with Gasteiger partial charge in [0, 0.05) is 47.2 Å². The molecule has 0 aliphatic carbocycles. The van der Waals surface area contributed by atoms with Crippen molar-refractivity contribution in [3.63, 3.8) is 0 Å². The van der Waals surface area contributed by atoms with Gasteiger partial charge in [0.2, 0.25) is 10.0 Å². The zero-order chi connectivity index (χ0) is 21.5. The van der Waals surface area contributed by atoms with Crippen molar-refractivity contribution in [2.75, 3.05) is 31.1 Å². The van der Waals surface area contributed by atoms with Gasteiger partial charge in [0.25, 0.3) is 0 Å². The van der Waals surface area contributed by atoms with Gasteiger partial charge in [0.05, 0.1) is 15.6 Å². The van der Waals surface area contributed by atoms with Crippen LogP contribution in [0.25, 0.3) is 11.3 Å². The highest BCUT2D eigenvalue weighted by molar-refractivity contribution is 7.89. The lowest BCUT2D eigenvalue weighted by Crippen LogP contribution is -2.48. The summed E-state index contributed by atoms with van der Waals surface area (Å²) >= 11 is 19.4. The Morgan fingerprint density at radius 3 is 2.27 bits per heavy atom. The van der Waals surface area contributed by atoms with Crippen molar-refractivity contribution < 1.29 is 12.8 Å². The van der Waals surface area contributed by atoms with E-state index < -0.39 is 15.8 Å². The van der Waals surface area contributed by atoms with E-state index in [4.69, 9.17) is 34.8 Å². The molecule has 2 aromatic carbocycles. The first-order chi connectivity index (χ1) is 14.2. The molecule has 5 nitrogen and oxygen atoms in total. The molecule has 0 atom stereocenters. The molecule has 1 saturated heterocycles. The van der Waals surface area contributed by atoms with Crippen molar-refractivity contribution in [2.24, 2.45) is 0 Å². The minimum absolute atomic E-state index is 0.0169. The van der Waals surface area contributed by atoms with E-state index >= 15 is 0 Å². The number of piperazine rings is 1. The maximum Gasteiger partial charge on any atom is 0.243 e. The first kappa shape index (κ1) is 21.8. The summed E-state index contributed by atoms with van der Waals surface area (Å²) in [6.45, 7) is 1.54. The highest BCUT2D eigenvalue weighted by atomic mass is 35.5. The van der Waals surface area contributed by atoms with Crippen molar-refractivity contribution in [1.29, 1.82) is 0 Å². The van der Waals surface area contributed by atoms with E-state index in [1.165, 1.54) is 21.7 Å². The quantitative estimate of drug-likeness (QED) is 0.474. The van der Waals surface area contributed by atoms with Crippen molar-refractivity contribution in [2.45, 2.75) is 4.90 Å². The summed E-state index contributed by atoms with van der Waals surface area (Å²) in [5.41, 5.74) is 1.58. The molecule has 0 radical (unpaired) electrons. The molecule has 0 bridgehead atoms. The first-order valence-electron chi connectivity index (χ1n) is 8.86. The van der Waals surface area contributed by atoms with Crippen LogP contribution in [0.15, 0.2) is 46.7 Å². The second-order valence-corrected chi connectivity index (χ2v) is 10.7. The molecule has 1 fully saturated rings. The highest BCUT2D eigenvalue weighted by Crippen LogP contribution is 2.32. The molecule has 4 rings (SSSR count). The molecule has 1 aromatic heterocycles. The third-order valence-electron chi connectivity index (χ3n) is 4.69. The molecule has 3 aromatic rings. The Morgan fingerprint density at radius 2 is 1.63 bits per heavy atom. The Labute approximate surface area is 192 Å². The zero-order valence-electron chi connectivity index (χ0n) is 15.4. The maximum absolute atomic E-state index is 13.4. The lowest BCUT2D eigenvalue weighted by Gasteiger charge is -2.33. The Bertz CT molecular complexity index is 1180. The fourth-order valence-electron chi connectivity index (χ4n) is 3.15. The summed E-state index contributed by atoms with van der Waals surface area (Å²) in [7, 11) is -3.74. The van der Waals surface area contributed by atoms with E-state index in [1.807, 2.05) is 10.3 Å². The van der Waals surface area contributed by atoms with Crippen LogP contribution < -0.4 is 4.90 Å². The number of hydrogen-bond donors (Lipinski definition) is 0. The fraction of sp³-hybridized carbons (Fsp3) is 0.211. The van der Waals surface area contributed by atoms with Crippen LogP contribution in [0.5, 0.6) is 0 Å². The number of nitrogens with zero attached hydrogens (tertiary/aromatic N) is 3. The minimum atomic E-state index is -3.74. The van der Waals surface area contributed by atoms with E-state index in [0.29, 0.717) is 23.1 Å². The van der Waals surface area contributed by atoms with Crippen LogP contribution >= 0.6 is 46.1 Å². The second-order valence-electron chi connectivity index (χ2n) is 6.64. The van der Waals surface area contributed by atoms with Crippen LogP contribution in [0.2, 0.25) is 15.1 Å². The van der Waals surface area contributed by atoms with E-state index in [-0.39, 0.29) is 23.0 Å². The lowest BCUT2D eigenvalue weighted by molar-refractivity contribution is 0.384. The number of benzene rings is 2. The number of hydrogen-bond acceptors (Lipinski definition) is 5. The van der Waals surface area contributed by atoms with Crippen LogP contribution in [0, 0.1) is 5.82 Å². The molecule has 2 heterocycles. The molecule has 0 amide bonds. The predicted molar refractivity (Wildman–Crippen MR) is 120 cm³/mol. The Morgan fingerprint density at radius 1 is 0.967 bits per heavy atom. The van der Waals surface area contributed by atoms with Crippen LogP contribution in [0.4, 0.5) is 9.52 Å². The molecule has 11 heteroatoms. The number of aromatic nitrogens is 1. The van der Waals surface area contributed by atoms with Crippen LogP contribution in [0.1, 0.15) is 0 Å². The van der Waals surface area contributed by atoms with Gasteiger partial charge in [-0.3, -0.25) is 0 Å². The van der Waals surface area contributed by atoms with Crippen molar-refractivity contribution in [3.05, 3.63) is 62.7 Å². The highest BCUT2D eigenvalue weighted by Gasteiger charge is 2.30. The Balaban J connectivity index is 1.47. The van der Waals surface area contributed by atoms with Gasteiger partial charge in [-0.2, -0.15) is 4.31 Å². The summed E-state index contributed by atoms with van der Waals surface area (Å²) < 4.78 is 40.4. The smallest absolute Gasteiger partial charge is 0.243 e. The van der Waals surface area contributed by atoms with Crippen LogP contribution in [0.3, 0.4) is 0 Å². The standard InChI is InChI=1S/C19H15Cl3FN3O2S2/c20-13-7-12(8-14(21)9-13)18-11-29-19(24-18)25-3-5-26(6-4-25)30(27,28)15-1-2-17(23)16(22)10-15/h1-2,7-11H,3-6H2. The van der Waals surface area contributed by atoms with Gasteiger partial charge in [0.1, 0.15) is 5.82 Å². The Hall–Kier alpha value is -1.42. The molecular formula is C19H15Cl3FN3O2S2. The van der Waals surface area contributed by atoms with E-state index in [2.05, 4.69) is 4.98 Å². The number of thiazole rings is 1. The Kier molecular flexibility index (Phi) is 6.25. The third-order valence-corrected chi connectivity index (χ3v) is 8.21. The number of sulfonamides is 1. The van der Waals surface area contributed by atoms with Crippen LogP contribution in [-0.2, 0) is 10.0 Å². The average molecular weight is 507 g/mol. The molecule has 158 valence electrons. The minimum Gasteiger partial charge on any atom is -0.345 e. The van der Waals surface area contributed by atoms with Crippen LogP contribution in [-0.4, -0.2) is 43.9 Å². The van der Waals surface area contributed by atoms with Gasteiger partial charge in [-0.15, -0.1) is 11.3 Å². The summed E-state index contributed by atoms with van der Waals surface area (Å²) in [6, 6.07) is 8.68. The van der Waals surface area contributed by atoms with E-state index in [1.54, 1.807) is 18.2 Å². The van der Waals surface area contributed by atoms with Gasteiger partial charge >= 0.3 is 0 Å². The molecule has 0 saturated carbocycles. The third kappa shape index (κ3) is 4.44. The second kappa shape index (κ2) is 8.61. The maximum atomic E-state index is 13.4. The summed E-state index contributed by atoms with van der Waals surface area (Å²) in [6.07, 6.45) is 0. The van der Waals surface area contributed by atoms with Crippen molar-refractivity contribution in [3.8, 4) is 11.3 Å². The van der Waals surface area contributed by atoms with Gasteiger partial charge in [-0.05, 0) is 36.4 Å². The van der Waals surface area contributed by atoms with E-state index in [9.17, 15) is 12.8 Å². The molecule has 0 spiro atoms. The monoisotopic (exact) mass is 505 g/mol. The first-order valence-corrected chi connectivity index (χ1v) is 12.3. The number of rotatable bonds is 4. The largest absolute Gasteiger partial charge is 0.345 e. The van der Waals surface area contributed by atoms with Gasteiger partial charge in [-0.1, -0.05) is 34.8 Å². The zero-order valence-corrected chi connectivity index (χ0v) is 19.3. The van der Waals surface area contributed by atoms with Crippen molar-refractivity contribution in [1.82, 2.24) is 9.29 Å². The SMILES string of the molecule is O=S(=O)(c1ccc(F)c(Cl)c1)N1CCN(c2nc(-c3cc(Cl)cc(Cl)c3)cs2)CC1. The molecule has 0 unspecified atom stereocenters. The predicted octanol–water partition coefficient (Wildman–Crippen LogP) is 5.42. The molecule has 1 aliphatic heterocycles. The molecule has 30 heavy (non-hydrogen) atoms. The molecule has 1 aliphatic rings. The summed E-state index contributed by atoms with van der Waals surface area (Å²) in [5.74, 6) is -0.652.